The first kappa shape index (κ1) is 13.0. The Labute approximate surface area is 99.5 Å². The van der Waals surface area contributed by atoms with Gasteiger partial charge in [0.1, 0.15) is 0 Å². The smallest absolute Gasteiger partial charge is 0.0399 e. The van der Waals surface area contributed by atoms with E-state index in [1.807, 2.05) is 7.05 Å². The van der Waals surface area contributed by atoms with Crippen molar-refractivity contribution < 1.29 is 0 Å². The molecule has 2 heteroatoms. The molecule has 0 unspecified atom stereocenters. The molecular weight excluding hydrogens is 196 g/mol. The Bertz CT molecular complexity index is 309. The van der Waals surface area contributed by atoms with E-state index >= 15 is 0 Å². The Morgan fingerprint density at radius 3 is 2.06 bits per heavy atom. The molecule has 16 heavy (non-hydrogen) atoms. The Balaban J connectivity index is 2.47. The first-order valence-corrected chi connectivity index (χ1v) is 6.11. The van der Waals surface area contributed by atoms with Gasteiger partial charge in [-0.15, -0.1) is 0 Å². The highest BCUT2D eigenvalue weighted by Crippen LogP contribution is 2.21. The van der Waals surface area contributed by atoms with Crippen LogP contribution in [0.15, 0.2) is 12.1 Å². The van der Waals surface area contributed by atoms with Gasteiger partial charge in [0, 0.05) is 12.2 Å². The van der Waals surface area contributed by atoms with Gasteiger partial charge in [-0.2, -0.15) is 0 Å². The van der Waals surface area contributed by atoms with Crippen LogP contribution in [0.1, 0.15) is 29.5 Å². The summed E-state index contributed by atoms with van der Waals surface area (Å²) in [6, 6.07) is 4.48. The van der Waals surface area contributed by atoms with Gasteiger partial charge in [-0.05, 0) is 58.3 Å². The first-order valence-electron chi connectivity index (χ1n) is 6.11. The third kappa shape index (κ3) is 3.86. The Hall–Kier alpha value is -1.02. The molecule has 90 valence electrons. The van der Waals surface area contributed by atoms with Crippen LogP contribution in [0.5, 0.6) is 0 Å². The fourth-order valence-electron chi connectivity index (χ4n) is 2.10. The molecule has 0 spiro atoms. The van der Waals surface area contributed by atoms with Crippen LogP contribution in [0.3, 0.4) is 0 Å². The first-order chi connectivity index (χ1) is 7.65. The molecular formula is C14H24N2. The predicted octanol–water partition coefficient (Wildman–Crippen LogP) is 3.02. The molecule has 1 aromatic rings. The second-order valence-corrected chi connectivity index (χ2v) is 4.51. The third-order valence-corrected chi connectivity index (χ3v) is 2.83. The highest BCUT2D eigenvalue weighted by atomic mass is 14.9. The SMILES string of the molecule is CNCCCCNc1c(C)cc(C)cc1C. The van der Waals surface area contributed by atoms with Crippen LogP contribution in [0.4, 0.5) is 5.69 Å². The maximum atomic E-state index is 3.54. The average molecular weight is 220 g/mol. The van der Waals surface area contributed by atoms with Crippen molar-refractivity contribution in [1.29, 1.82) is 0 Å². The normalized spacial score (nSPS) is 10.5. The van der Waals surface area contributed by atoms with Crippen LogP contribution in [0, 0.1) is 20.8 Å². The minimum absolute atomic E-state index is 1.06. The van der Waals surface area contributed by atoms with Crippen LogP contribution in [-0.2, 0) is 0 Å². The number of hydrogen-bond acceptors (Lipinski definition) is 2. The van der Waals surface area contributed by atoms with E-state index in [0.717, 1.165) is 13.1 Å². The second kappa shape index (κ2) is 6.54. The molecule has 0 aliphatic heterocycles. The molecule has 2 nitrogen and oxygen atoms in total. The quantitative estimate of drug-likeness (QED) is 0.720. The van der Waals surface area contributed by atoms with Crippen LogP contribution in [-0.4, -0.2) is 20.1 Å². The number of nitrogens with one attached hydrogen (secondary N) is 2. The molecule has 1 aromatic carbocycles. The molecule has 0 bridgehead atoms. The molecule has 2 N–H and O–H groups in total. The van der Waals surface area contributed by atoms with Gasteiger partial charge in [-0.25, -0.2) is 0 Å². The lowest BCUT2D eigenvalue weighted by atomic mass is 10.1. The number of rotatable bonds is 6. The van der Waals surface area contributed by atoms with E-state index in [-0.39, 0.29) is 0 Å². The minimum Gasteiger partial charge on any atom is -0.385 e. The molecule has 0 radical (unpaired) electrons. The van der Waals surface area contributed by atoms with Crippen LogP contribution in [0.25, 0.3) is 0 Å². The Kier molecular flexibility index (Phi) is 5.33. The van der Waals surface area contributed by atoms with Crippen molar-refractivity contribution >= 4 is 5.69 Å². The largest absolute Gasteiger partial charge is 0.385 e. The molecule has 0 saturated heterocycles. The molecule has 0 aromatic heterocycles. The Morgan fingerprint density at radius 1 is 0.938 bits per heavy atom. The van der Waals surface area contributed by atoms with Crippen molar-refractivity contribution in [2.24, 2.45) is 0 Å². The summed E-state index contributed by atoms with van der Waals surface area (Å²) in [6.07, 6.45) is 2.45. The zero-order valence-electron chi connectivity index (χ0n) is 11.0. The zero-order valence-corrected chi connectivity index (χ0v) is 11.0. The molecule has 1 rings (SSSR count). The van der Waals surface area contributed by atoms with Gasteiger partial charge in [-0.1, -0.05) is 17.7 Å². The standard InChI is InChI=1S/C14H24N2/c1-11-9-12(2)14(13(3)10-11)16-8-6-5-7-15-4/h9-10,15-16H,5-8H2,1-4H3. The fourth-order valence-corrected chi connectivity index (χ4v) is 2.10. The summed E-state index contributed by atoms with van der Waals surface area (Å²) in [7, 11) is 2.00. The van der Waals surface area contributed by atoms with Gasteiger partial charge in [0.25, 0.3) is 0 Å². The second-order valence-electron chi connectivity index (χ2n) is 4.51. The van der Waals surface area contributed by atoms with E-state index < -0.39 is 0 Å². The fraction of sp³-hybridized carbons (Fsp3) is 0.571. The van der Waals surface area contributed by atoms with Gasteiger partial charge in [0.2, 0.25) is 0 Å². The summed E-state index contributed by atoms with van der Waals surface area (Å²) in [6.45, 7) is 8.67. The van der Waals surface area contributed by atoms with E-state index in [9.17, 15) is 0 Å². The van der Waals surface area contributed by atoms with Gasteiger partial charge in [0.05, 0.1) is 0 Å². The lowest BCUT2D eigenvalue weighted by Gasteiger charge is -2.13. The number of benzene rings is 1. The molecule has 0 aliphatic carbocycles. The number of aryl methyl sites for hydroxylation is 3. The summed E-state index contributed by atoms with van der Waals surface area (Å²) in [4.78, 5) is 0. The highest BCUT2D eigenvalue weighted by Gasteiger charge is 2.02. The van der Waals surface area contributed by atoms with E-state index in [2.05, 4.69) is 43.5 Å². The summed E-state index contributed by atoms with van der Waals surface area (Å²) >= 11 is 0. The molecule has 0 fully saturated rings. The van der Waals surface area contributed by atoms with E-state index in [4.69, 9.17) is 0 Å². The molecule has 0 saturated carbocycles. The summed E-state index contributed by atoms with van der Waals surface area (Å²) in [5, 5.41) is 6.71. The van der Waals surface area contributed by atoms with E-state index in [1.165, 1.54) is 35.2 Å². The van der Waals surface area contributed by atoms with Crippen LogP contribution < -0.4 is 10.6 Å². The topological polar surface area (TPSA) is 24.1 Å². The van der Waals surface area contributed by atoms with Crippen molar-refractivity contribution in [2.45, 2.75) is 33.6 Å². The number of hydrogen-bond donors (Lipinski definition) is 2. The number of unbranched alkanes of at least 4 members (excludes halogenated alkanes) is 1. The zero-order chi connectivity index (χ0) is 12.0. The van der Waals surface area contributed by atoms with Crippen LogP contribution >= 0.6 is 0 Å². The maximum absolute atomic E-state index is 3.54. The molecule has 0 amide bonds. The summed E-state index contributed by atoms with van der Waals surface area (Å²) < 4.78 is 0. The highest BCUT2D eigenvalue weighted by molar-refractivity contribution is 5.58. The molecule has 0 aliphatic rings. The number of anilines is 1. The van der Waals surface area contributed by atoms with Gasteiger partial charge < -0.3 is 10.6 Å². The van der Waals surface area contributed by atoms with Crippen LogP contribution in [0.2, 0.25) is 0 Å². The summed E-state index contributed by atoms with van der Waals surface area (Å²) in [5.74, 6) is 0. The minimum atomic E-state index is 1.06. The predicted molar refractivity (Wildman–Crippen MR) is 72.3 cm³/mol. The monoisotopic (exact) mass is 220 g/mol. The third-order valence-electron chi connectivity index (χ3n) is 2.83. The lowest BCUT2D eigenvalue weighted by molar-refractivity contribution is 0.694. The van der Waals surface area contributed by atoms with E-state index in [1.54, 1.807) is 0 Å². The summed E-state index contributed by atoms with van der Waals surface area (Å²) in [5.41, 5.74) is 5.36. The van der Waals surface area contributed by atoms with Crippen molar-refractivity contribution in [3.05, 3.63) is 28.8 Å². The lowest BCUT2D eigenvalue weighted by Crippen LogP contribution is -2.11. The average Bonchev–Trinajstić information content (AvgIpc) is 2.20. The van der Waals surface area contributed by atoms with Crippen molar-refractivity contribution in [2.75, 3.05) is 25.5 Å². The molecule has 0 atom stereocenters. The van der Waals surface area contributed by atoms with Crippen molar-refractivity contribution in [3.8, 4) is 0 Å². The maximum Gasteiger partial charge on any atom is 0.0399 e. The van der Waals surface area contributed by atoms with Crippen molar-refractivity contribution in [1.82, 2.24) is 5.32 Å². The van der Waals surface area contributed by atoms with Gasteiger partial charge in [-0.3, -0.25) is 0 Å². The molecule has 0 heterocycles. The van der Waals surface area contributed by atoms with Gasteiger partial charge >= 0.3 is 0 Å². The van der Waals surface area contributed by atoms with Gasteiger partial charge in [0.15, 0.2) is 0 Å². The Morgan fingerprint density at radius 2 is 1.50 bits per heavy atom. The van der Waals surface area contributed by atoms with Crippen molar-refractivity contribution in [3.63, 3.8) is 0 Å². The van der Waals surface area contributed by atoms with E-state index in [0.29, 0.717) is 0 Å².